The topological polar surface area (TPSA) is 83.4 Å². The molecule has 138 valence electrons. The van der Waals surface area contributed by atoms with Crippen LogP contribution in [0.5, 0.6) is 0 Å². The molecule has 0 saturated heterocycles. The van der Waals surface area contributed by atoms with Crippen molar-refractivity contribution in [2.24, 2.45) is 0 Å². The summed E-state index contributed by atoms with van der Waals surface area (Å²) in [6.07, 6.45) is 2.30. The summed E-state index contributed by atoms with van der Waals surface area (Å²) in [5.74, 6) is -0.254. The fourth-order valence-electron chi connectivity index (χ4n) is 2.56. The number of furan rings is 1. The second kappa shape index (κ2) is 9.35. The van der Waals surface area contributed by atoms with Crippen LogP contribution < -0.4 is 16.0 Å². The number of benzene rings is 2. The minimum atomic E-state index is -0.342. The van der Waals surface area contributed by atoms with Crippen molar-refractivity contribution in [3.8, 4) is 0 Å². The Hall–Kier alpha value is -3.38. The van der Waals surface area contributed by atoms with Crippen LogP contribution in [0, 0.1) is 0 Å². The van der Waals surface area contributed by atoms with Gasteiger partial charge in [0.2, 0.25) is 5.91 Å². The van der Waals surface area contributed by atoms with Crippen LogP contribution in [0.3, 0.4) is 0 Å². The van der Waals surface area contributed by atoms with E-state index < -0.39 is 0 Å². The van der Waals surface area contributed by atoms with E-state index in [-0.39, 0.29) is 24.1 Å². The van der Waals surface area contributed by atoms with Crippen molar-refractivity contribution in [1.82, 2.24) is 5.32 Å². The van der Waals surface area contributed by atoms with Gasteiger partial charge in [0.05, 0.1) is 12.8 Å². The summed E-state index contributed by atoms with van der Waals surface area (Å²) in [7, 11) is 0. The van der Waals surface area contributed by atoms with Gasteiger partial charge in [0.1, 0.15) is 0 Å². The van der Waals surface area contributed by atoms with Gasteiger partial charge < -0.3 is 20.4 Å². The molecule has 1 heterocycles. The monoisotopic (exact) mass is 363 g/mol. The van der Waals surface area contributed by atoms with Crippen molar-refractivity contribution < 1.29 is 14.0 Å². The lowest BCUT2D eigenvalue weighted by Gasteiger charge is -2.09. The first kappa shape index (κ1) is 18.4. The van der Waals surface area contributed by atoms with Crippen molar-refractivity contribution in [2.75, 3.05) is 23.7 Å². The van der Waals surface area contributed by atoms with Crippen molar-refractivity contribution in [2.45, 2.75) is 6.42 Å². The number of carbonyl (C=O) groups excluding carboxylic acids is 2. The standard InChI is InChI=1S/C21H21N3O3/c25-20(15-22-12-11-16-6-2-1-3-7-16)23-17-8-4-9-18(14-17)24-21(26)19-10-5-13-27-19/h1-10,13-14,22H,11-12,15H2,(H,23,25)(H,24,26). The molecule has 0 bridgehead atoms. The van der Waals surface area contributed by atoms with E-state index in [4.69, 9.17) is 4.42 Å². The molecule has 1 aromatic heterocycles. The average Bonchev–Trinajstić information content (AvgIpc) is 3.21. The molecule has 6 heteroatoms. The molecule has 0 fully saturated rings. The van der Waals surface area contributed by atoms with Gasteiger partial charge >= 0.3 is 0 Å². The van der Waals surface area contributed by atoms with E-state index in [2.05, 4.69) is 28.1 Å². The molecule has 0 spiro atoms. The summed E-state index contributed by atoms with van der Waals surface area (Å²) in [4.78, 5) is 24.1. The Morgan fingerprint density at radius 1 is 0.852 bits per heavy atom. The van der Waals surface area contributed by atoms with Gasteiger partial charge in [-0.25, -0.2) is 0 Å². The quantitative estimate of drug-likeness (QED) is 0.536. The van der Waals surface area contributed by atoms with E-state index in [1.807, 2.05) is 18.2 Å². The fraction of sp³-hybridized carbons (Fsp3) is 0.143. The minimum Gasteiger partial charge on any atom is -0.459 e. The van der Waals surface area contributed by atoms with Gasteiger partial charge in [0.15, 0.2) is 5.76 Å². The van der Waals surface area contributed by atoms with Crippen LogP contribution in [0.1, 0.15) is 16.1 Å². The summed E-state index contributed by atoms with van der Waals surface area (Å²) >= 11 is 0. The van der Waals surface area contributed by atoms with Gasteiger partial charge in [-0.3, -0.25) is 9.59 Å². The number of hydrogen-bond donors (Lipinski definition) is 3. The lowest BCUT2D eigenvalue weighted by molar-refractivity contribution is -0.115. The van der Waals surface area contributed by atoms with Crippen LogP contribution in [-0.2, 0) is 11.2 Å². The Balaban J connectivity index is 1.44. The van der Waals surface area contributed by atoms with Crippen LogP contribution in [0.15, 0.2) is 77.4 Å². The molecule has 0 aliphatic carbocycles. The highest BCUT2D eigenvalue weighted by Gasteiger charge is 2.09. The second-order valence-corrected chi connectivity index (χ2v) is 5.97. The number of rotatable bonds is 8. The first-order valence-electron chi connectivity index (χ1n) is 8.70. The van der Waals surface area contributed by atoms with E-state index in [1.54, 1.807) is 36.4 Å². The minimum absolute atomic E-state index is 0.141. The third-order valence-corrected chi connectivity index (χ3v) is 3.87. The van der Waals surface area contributed by atoms with Gasteiger partial charge in [0, 0.05) is 11.4 Å². The van der Waals surface area contributed by atoms with Gasteiger partial charge in [0.25, 0.3) is 5.91 Å². The molecule has 27 heavy (non-hydrogen) atoms. The molecule has 3 aromatic rings. The second-order valence-electron chi connectivity index (χ2n) is 5.97. The molecule has 0 radical (unpaired) electrons. The van der Waals surface area contributed by atoms with E-state index in [1.165, 1.54) is 11.8 Å². The maximum atomic E-state index is 12.1. The Morgan fingerprint density at radius 2 is 1.63 bits per heavy atom. The average molecular weight is 363 g/mol. The molecule has 0 unspecified atom stereocenters. The zero-order chi connectivity index (χ0) is 18.9. The molecule has 6 nitrogen and oxygen atoms in total. The van der Waals surface area contributed by atoms with Crippen LogP contribution in [0.2, 0.25) is 0 Å². The summed E-state index contributed by atoms with van der Waals surface area (Å²) in [6, 6.07) is 20.3. The summed E-state index contributed by atoms with van der Waals surface area (Å²) in [5, 5.41) is 8.67. The zero-order valence-electron chi connectivity index (χ0n) is 14.8. The number of nitrogens with one attached hydrogen (secondary N) is 3. The number of anilines is 2. The van der Waals surface area contributed by atoms with E-state index in [0.29, 0.717) is 11.4 Å². The third-order valence-electron chi connectivity index (χ3n) is 3.87. The van der Waals surface area contributed by atoms with Gasteiger partial charge in [-0.1, -0.05) is 36.4 Å². The van der Waals surface area contributed by atoms with Crippen molar-refractivity contribution in [3.63, 3.8) is 0 Å². The number of hydrogen-bond acceptors (Lipinski definition) is 4. The number of amides is 2. The molecular formula is C21H21N3O3. The summed E-state index contributed by atoms with van der Waals surface area (Å²) in [5.41, 5.74) is 2.42. The van der Waals surface area contributed by atoms with Crippen molar-refractivity contribution >= 4 is 23.2 Å². The van der Waals surface area contributed by atoms with Crippen LogP contribution >= 0.6 is 0 Å². The predicted octanol–water partition coefficient (Wildman–Crippen LogP) is 3.30. The molecular weight excluding hydrogens is 342 g/mol. The molecule has 2 amide bonds. The van der Waals surface area contributed by atoms with Crippen LogP contribution in [-0.4, -0.2) is 24.9 Å². The Kier molecular flexibility index (Phi) is 6.38. The van der Waals surface area contributed by atoms with Crippen LogP contribution in [0.25, 0.3) is 0 Å². The highest BCUT2D eigenvalue weighted by Crippen LogP contribution is 2.16. The normalized spacial score (nSPS) is 10.4. The fourth-order valence-corrected chi connectivity index (χ4v) is 2.56. The largest absolute Gasteiger partial charge is 0.459 e. The molecule has 0 aliphatic rings. The smallest absolute Gasteiger partial charge is 0.291 e. The zero-order valence-corrected chi connectivity index (χ0v) is 14.8. The molecule has 0 aliphatic heterocycles. The Bertz CT molecular complexity index is 877. The van der Waals surface area contributed by atoms with E-state index in [9.17, 15) is 9.59 Å². The first-order valence-corrected chi connectivity index (χ1v) is 8.70. The molecule has 3 N–H and O–H groups in total. The first-order chi connectivity index (χ1) is 13.2. The lowest BCUT2D eigenvalue weighted by atomic mass is 10.1. The Morgan fingerprint density at radius 3 is 2.37 bits per heavy atom. The highest BCUT2D eigenvalue weighted by atomic mass is 16.3. The van der Waals surface area contributed by atoms with Crippen molar-refractivity contribution in [1.29, 1.82) is 0 Å². The molecule has 2 aromatic carbocycles. The third kappa shape index (κ3) is 5.83. The van der Waals surface area contributed by atoms with Gasteiger partial charge in [-0.15, -0.1) is 0 Å². The summed E-state index contributed by atoms with van der Waals surface area (Å²) < 4.78 is 5.06. The maximum absolute atomic E-state index is 12.1. The molecule has 3 rings (SSSR count). The molecule has 0 atom stereocenters. The van der Waals surface area contributed by atoms with Crippen molar-refractivity contribution in [3.05, 3.63) is 84.3 Å². The molecule has 0 saturated carbocycles. The van der Waals surface area contributed by atoms with Gasteiger partial charge in [-0.2, -0.15) is 0 Å². The van der Waals surface area contributed by atoms with E-state index >= 15 is 0 Å². The lowest BCUT2D eigenvalue weighted by Crippen LogP contribution is -2.29. The van der Waals surface area contributed by atoms with E-state index in [0.717, 1.165) is 13.0 Å². The van der Waals surface area contributed by atoms with Gasteiger partial charge in [-0.05, 0) is 48.9 Å². The SMILES string of the molecule is O=C(CNCCc1ccccc1)Nc1cccc(NC(=O)c2ccco2)c1. The van der Waals surface area contributed by atoms with Crippen LogP contribution in [0.4, 0.5) is 11.4 Å². The maximum Gasteiger partial charge on any atom is 0.291 e. The highest BCUT2D eigenvalue weighted by molar-refractivity contribution is 6.02. The predicted molar refractivity (Wildman–Crippen MR) is 105 cm³/mol. The number of carbonyl (C=O) groups is 2. The summed E-state index contributed by atoms with van der Waals surface area (Å²) in [6.45, 7) is 0.937. The Labute approximate surface area is 157 Å².